The Morgan fingerprint density at radius 3 is 1.69 bits per heavy atom. The van der Waals surface area contributed by atoms with Crippen molar-refractivity contribution in [1.82, 2.24) is 5.32 Å². The molecular weight excluding hydrogens is 318 g/mol. The predicted molar refractivity (Wildman–Crippen MR) is 106 cm³/mol. The Balaban J connectivity index is 1.43. The minimum absolute atomic E-state index is 0.0880. The van der Waals surface area contributed by atoms with Gasteiger partial charge in [0.05, 0.1) is 5.41 Å². The SMILES string of the molecule is CC12CC3(C)CC(C)(C1)CC(C(=O)NC1CC4CCC1(C)C4(C)C)(C2)C3. The zero-order chi connectivity index (χ0) is 18.8. The van der Waals surface area contributed by atoms with Gasteiger partial charge in [0.2, 0.25) is 5.91 Å². The summed E-state index contributed by atoms with van der Waals surface area (Å²) in [5, 5.41) is 3.68. The molecule has 0 saturated heterocycles. The maximum Gasteiger partial charge on any atom is 0.226 e. The highest BCUT2D eigenvalue weighted by molar-refractivity contribution is 5.84. The van der Waals surface area contributed by atoms with Crippen LogP contribution in [0.3, 0.4) is 0 Å². The van der Waals surface area contributed by atoms with Crippen LogP contribution in [0.1, 0.15) is 99.3 Å². The number of amides is 1. The summed E-state index contributed by atoms with van der Waals surface area (Å²) in [5.74, 6) is 1.22. The zero-order valence-electron chi connectivity index (χ0n) is 17.9. The van der Waals surface area contributed by atoms with Gasteiger partial charge in [-0.2, -0.15) is 0 Å². The second-order valence-electron chi connectivity index (χ2n) is 13.4. The molecule has 0 aromatic rings. The van der Waals surface area contributed by atoms with Crippen LogP contribution in [-0.4, -0.2) is 11.9 Å². The molecular formula is C24H39NO. The molecule has 1 N–H and O–H groups in total. The van der Waals surface area contributed by atoms with Crippen LogP contribution in [0.25, 0.3) is 0 Å². The molecule has 0 aromatic heterocycles. The average molecular weight is 358 g/mol. The van der Waals surface area contributed by atoms with Crippen molar-refractivity contribution in [3.8, 4) is 0 Å². The zero-order valence-corrected chi connectivity index (χ0v) is 17.9. The molecule has 0 aromatic carbocycles. The van der Waals surface area contributed by atoms with E-state index in [1.807, 2.05) is 0 Å². The molecule has 6 fully saturated rings. The highest BCUT2D eigenvalue weighted by Crippen LogP contribution is 2.74. The van der Waals surface area contributed by atoms with Crippen molar-refractivity contribution in [1.29, 1.82) is 0 Å². The summed E-state index contributed by atoms with van der Waals surface area (Å²) in [4.78, 5) is 13.8. The third-order valence-corrected chi connectivity index (χ3v) is 10.4. The van der Waals surface area contributed by atoms with Crippen LogP contribution < -0.4 is 5.32 Å². The molecule has 2 heteroatoms. The molecule has 3 unspecified atom stereocenters. The topological polar surface area (TPSA) is 29.1 Å². The first-order chi connectivity index (χ1) is 11.8. The predicted octanol–water partition coefficient (Wildman–Crippen LogP) is 5.70. The number of hydrogen-bond donors (Lipinski definition) is 1. The van der Waals surface area contributed by atoms with E-state index in [1.54, 1.807) is 0 Å². The van der Waals surface area contributed by atoms with Gasteiger partial charge < -0.3 is 5.32 Å². The van der Waals surface area contributed by atoms with Gasteiger partial charge in [-0.1, -0.05) is 41.5 Å². The molecule has 6 saturated carbocycles. The van der Waals surface area contributed by atoms with Crippen LogP contribution in [0.4, 0.5) is 0 Å². The number of nitrogens with one attached hydrogen (secondary N) is 1. The van der Waals surface area contributed by atoms with E-state index in [-0.39, 0.29) is 10.8 Å². The highest BCUT2D eigenvalue weighted by atomic mass is 16.2. The Hall–Kier alpha value is -0.530. The van der Waals surface area contributed by atoms with Crippen LogP contribution in [0.2, 0.25) is 0 Å². The molecule has 6 bridgehead atoms. The van der Waals surface area contributed by atoms with Crippen molar-refractivity contribution in [3.63, 3.8) is 0 Å². The molecule has 6 aliphatic carbocycles. The standard InChI is InChI=1S/C24H39NO/c1-19(2)16-7-8-23(19,6)17(9-16)25-18(26)24-13-20(3)10-21(4,14-24)12-22(5,11-20)15-24/h16-17H,7-15H2,1-6H3,(H,25,26). The van der Waals surface area contributed by atoms with Gasteiger partial charge in [0, 0.05) is 6.04 Å². The van der Waals surface area contributed by atoms with Gasteiger partial charge in [0.15, 0.2) is 0 Å². The maximum absolute atomic E-state index is 13.8. The van der Waals surface area contributed by atoms with Gasteiger partial charge in [-0.05, 0) is 90.8 Å². The van der Waals surface area contributed by atoms with Crippen molar-refractivity contribution >= 4 is 5.91 Å². The van der Waals surface area contributed by atoms with E-state index in [0.29, 0.717) is 33.6 Å². The Bertz CT molecular complexity index is 624. The van der Waals surface area contributed by atoms with Crippen LogP contribution in [0.5, 0.6) is 0 Å². The van der Waals surface area contributed by atoms with Crippen LogP contribution in [0.15, 0.2) is 0 Å². The third kappa shape index (κ3) is 2.03. The summed E-state index contributed by atoms with van der Waals surface area (Å²) in [6.45, 7) is 14.8. The summed E-state index contributed by atoms with van der Waals surface area (Å²) in [7, 11) is 0. The molecule has 0 radical (unpaired) electrons. The second kappa shape index (κ2) is 4.54. The largest absolute Gasteiger partial charge is 0.352 e. The van der Waals surface area contributed by atoms with Gasteiger partial charge in [0.25, 0.3) is 0 Å². The third-order valence-electron chi connectivity index (χ3n) is 10.4. The Morgan fingerprint density at radius 1 is 0.808 bits per heavy atom. The van der Waals surface area contributed by atoms with Crippen LogP contribution in [-0.2, 0) is 4.79 Å². The number of carbonyl (C=O) groups excluding carboxylic acids is 1. The summed E-state index contributed by atoms with van der Waals surface area (Å²) < 4.78 is 0. The maximum atomic E-state index is 13.8. The molecule has 6 rings (SSSR count). The van der Waals surface area contributed by atoms with E-state index in [0.717, 1.165) is 25.2 Å². The minimum atomic E-state index is -0.0880. The summed E-state index contributed by atoms with van der Waals surface area (Å²) in [6.07, 6.45) is 11.2. The lowest BCUT2D eigenvalue weighted by atomic mass is 9.36. The normalized spacial score (nSPS) is 59.0. The van der Waals surface area contributed by atoms with Crippen LogP contribution in [0, 0.1) is 38.4 Å². The van der Waals surface area contributed by atoms with Gasteiger partial charge in [-0.15, -0.1) is 0 Å². The molecule has 146 valence electrons. The molecule has 6 aliphatic rings. The first-order valence-electron chi connectivity index (χ1n) is 11.1. The van der Waals surface area contributed by atoms with E-state index < -0.39 is 0 Å². The van der Waals surface area contributed by atoms with Crippen LogP contribution >= 0.6 is 0 Å². The monoisotopic (exact) mass is 357 g/mol. The van der Waals surface area contributed by atoms with Crippen molar-refractivity contribution in [2.24, 2.45) is 38.4 Å². The summed E-state index contributed by atoms with van der Waals surface area (Å²) in [6, 6.07) is 0.394. The van der Waals surface area contributed by atoms with E-state index in [1.165, 1.54) is 38.5 Å². The second-order valence-corrected chi connectivity index (χ2v) is 13.4. The minimum Gasteiger partial charge on any atom is -0.352 e. The number of rotatable bonds is 2. The number of carbonyl (C=O) groups is 1. The molecule has 0 spiro atoms. The smallest absolute Gasteiger partial charge is 0.226 e. The first kappa shape index (κ1) is 17.6. The molecule has 2 nitrogen and oxygen atoms in total. The molecule has 0 heterocycles. The average Bonchev–Trinajstić information content (AvgIpc) is 2.75. The van der Waals surface area contributed by atoms with E-state index in [4.69, 9.17) is 0 Å². The Kier molecular flexibility index (Phi) is 3.07. The van der Waals surface area contributed by atoms with E-state index in [9.17, 15) is 4.79 Å². The highest BCUT2D eigenvalue weighted by Gasteiger charge is 2.67. The fraction of sp³-hybridized carbons (Fsp3) is 0.958. The molecule has 26 heavy (non-hydrogen) atoms. The quantitative estimate of drug-likeness (QED) is 0.674. The first-order valence-corrected chi connectivity index (χ1v) is 11.1. The lowest BCUT2D eigenvalue weighted by molar-refractivity contribution is -0.192. The Morgan fingerprint density at radius 2 is 1.31 bits per heavy atom. The van der Waals surface area contributed by atoms with Crippen molar-refractivity contribution in [3.05, 3.63) is 0 Å². The van der Waals surface area contributed by atoms with Crippen molar-refractivity contribution < 1.29 is 4.79 Å². The van der Waals surface area contributed by atoms with E-state index in [2.05, 4.69) is 46.9 Å². The lowest BCUT2D eigenvalue weighted by Crippen LogP contribution is -2.64. The lowest BCUT2D eigenvalue weighted by Gasteiger charge is -2.68. The van der Waals surface area contributed by atoms with Gasteiger partial charge >= 0.3 is 0 Å². The number of fused-ring (bicyclic) bond motifs is 2. The number of hydrogen-bond acceptors (Lipinski definition) is 1. The van der Waals surface area contributed by atoms with E-state index >= 15 is 0 Å². The van der Waals surface area contributed by atoms with Gasteiger partial charge in [0.1, 0.15) is 0 Å². The Labute approximate surface area is 160 Å². The van der Waals surface area contributed by atoms with Gasteiger partial charge in [-0.25, -0.2) is 0 Å². The summed E-state index contributed by atoms with van der Waals surface area (Å²) >= 11 is 0. The molecule has 3 atom stereocenters. The van der Waals surface area contributed by atoms with Crippen molar-refractivity contribution in [2.45, 2.75) is 105 Å². The van der Waals surface area contributed by atoms with Crippen molar-refractivity contribution in [2.75, 3.05) is 0 Å². The molecule has 0 aliphatic heterocycles. The summed E-state index contributed by atoms with van der Waals surface area (Å²) in [5.41, 5.74) is 1.72. The van der Waals surface area contributed by atoms with Gasteiger partial charge in [-0.3, -0.25) is 4.79 Å². The molecule has 1 amide bonds. The fourth-order valence-electron chi connectivity index (χ4n) is 10.3. The fourth-order valence-corrected chi connectivity index (χ4v) is 10.3.